The third-order valence-corrected chi connectivity index (χ3v) is 7.63. The molecule has 3 unspecified atom stereocenters. The summed E-state index contributed by atoms with van der Waals surface area (Å²) in [6.45, 7) is 3.29. The molecule has 0 bridgehead atoms. The van der Waals surface area contributed by atoms with Crippen LogP contribution in [0.1, 0.15) is 54.0 Å². The lowest BCUT2D eigenvalue weighted by Crippen LogP contribution is -2.26. The highest BCUT2D eigenvalue weighted by Crippen LogP contribution is 2.56. The van der Waals surface area contributed by atoms with Crippen molar-refractivity contribution in [1.29, 1.82) is 0 Å². The summed E-state index contributed by atoms with van der Waals surface area (Å²) in [6, 6.07) is 35.3. The molecule has 0 N–H and O–H groups in total. The van der Waals surface area contributed by atoms with Crippen molar-refractivity contribution >= 4 is 0 Å². The van der Waals surface area contributed by atoms with Crippen LogP contribution in [0.2, 0.25) is 0 Å². The third-order valence-electron chi connectivity index (χ3n) is 7.63. The van der Waals surface area contributed by atoms with Crippen LogP contribution in [0.3, 0.4) is 0 Å². The second-order valence-corrected chi connectivity index (χ2v) is 9.98. The molecule has 1 fully saturated rings. The molecule has 0 amide bonds. The molecule has 6 rings (SSSR count). The normalized spacial score (nSPS) is 21.1. The van der Waals surface area contributed by atoms with E-state index in [0.717, 1.165) is 30.1 Å². The summed E-state index contributed by atoms with van der Waals surface area (Å²) in [5.74, 6) is 3.58. The van der Waals surface area contributed by atoms with E-state index >= 15 is 0 Å². The van der Waals surface area contributed by atoms with Gasteiger partial charge >= 0.3 is 0 Å². The number of benzene rings is 4. The van der Waals surface area contributed by atoms with E-state index in [1.807, 2.05) is 42.5 Å². The molecule has 4 aromatic rings. The molecule has 186 valence electrons. The summed E-state index contributed by atoms with van der Waals surface area (Å²) in [4.78, 5) is 0. The van der Waals surface area contributed by atoms with Gasteiger partial charge in [-0.3, -0.25) is 0 Å². The Bertz CT molecular complexity index is 1360. The topological polar surface area (TPSA) is 27.7 Å². The SMILES string of the molecule is C/C=C1/CC2c3cc(OCc4ccccc4)ccc3OC(c3ccc(OCc4ccccc4)cc3)C2C1. The Hall–Kier alpha value is -3.98. The van der Waals surface area contributed by atoms with Crippen LogP contribution in [-0.2, 0) is 13.2 Å². The van der Waals surface area contributed by atoms with Crippen LogP contribution in [-0.4, -0.2) is 0 Å². The quantitative estimate of drug-likeness (QED) is 0.244. The maximum atomic E-state index is 6.69. The molecule has 0 spiro atoms. The van der Waals surface area contributed by atoms with Crippen molar-refractivity contribution in [1.82, 2.24) is 0 Å². The number of rotatable bonds is 7. The molecule has 0 aromatic heterocycles. The highest BCUT2D eigenvalue weighted by molar-refractivity contribution is 5.48. The van der Waals surface area contributed by atoms with E-state index in [4.69, 9.17) is 14.2 Å². The molecule has 3 nitrogen and oxygen atoms in total. The number of ether oxygens (including phenoxy) is 3. The minimum absolute atomic E-state index is 0.0224. The van der Waals surface area contributed by atoms with Crippen LogP contribution >= 0.6 is 0 Å². The van der Waals surface area contributed by atoms with Gasteiger partial charge in [0.05, 0.1) is 0 Å². The van der Waals surface area contributed by atoms with E-state index in [9.17, 15) is 0 Å². The summed E-state index contributed by atoms with van der Waals surface area (Å²) in [7, 11) is 0. The van der Waals surface area contributed by atoms with Gasteiger partial charge in [0, 0.05) is 11.5 Å². The van der Waals surface area contributed by atoms with Crippen molar-refractivity contribution in [2.45, 2.75) is 45.0 Å². The number of hydrogen-bond acceptors (Lipinski definition) is 3. The van der Waals surface area contributed by atoms with Crippen molar-refractivity contribution in [2.75, 3.05) is 0 Å². The first-order valence-corrected chi connectivity index (χ1v) is 13.1. The van der Waals surface area contributed by atoms with Crippen molar-refractivity contribution in [3.05, 3.63) is 137 Å². The molecule has 37 heavy (non-hydrogen) atoms. The molecule has 2 aliphatic rings. The summed E-state index contributed by atoms with van der Waals surface area (Å²) in [6.07, 6.45) is 4.45. The van der Waals surface area contributed by atoms with Gasteiger partial charge in [0.25, 0.3) is 0 Å². The van der Waals surface area contributed by atoms with Gasteiger partial charge in [-0.05, 0) is 72.7 Å². The Morgan fingerprint density at radius 1 is 0.730 bits per heavy atom. The Morgan fingerprint density at radius 2 is 1.35 bits per heavy atom. The second-order valence-electron chi connectivity index (χ2n) is 9.98. The molecule has 0 saturated heterocycles. The highest BCUT2D eigenvalue weighted by atomic mass is 16.5. The number of allylic oxidation sites excluding steroid dienone is 2. The molecule has 3 heteroatoms. The van der Waals surface area contributed by atoms with Gasteiger partial charge in [-0.1, -0.05) is 84.4 Å². The van der Waals surface area contributed by atoms with E-state index in [1.54, 1.807) is 0 Å². The smallest absolute Gasteiger partial charge is 0.127 e. The molecule has 3 atom stereocenters. The van der Waals surface area contributed by atoms with Gasteiger partial charge in [0.2, 0.25) is 0 Å². The van der Waals surface area contributed by atoms with E-state index in [2.05, 4.69) is 73.7 Å². The number of fused-ring (bicyclic) bond motifs is 3. The predicted octanol–water partition coefficient (Wildman–Crippen LogP) is 8.42. The molecule has 1 heterocycles. The zero-order valence-corrected chi connectivity index (χ0v) is 21.2. The zero-order chi connectivity index (χ0) is 25.0. The summed E-state index contributed by atoms with van der Waals surface area (Å²) < 4.78 is 18.9. The average Bonchev–Trinajstić information content (AvgIpc) is 3.41. The van der Waals surface area contributed by atoms with Gasteiger partial charge in [-0.2, -0.15) is 0 Å². The van der Waals surface area contributed by atoms with Gasteiger partial charge in [-0.15, -0.1) is 0 Å². The molecular weight excluding hydrogens is 456 g/mol. The molecule has 1 saturated carbocycles. The van der Waals surface area contributed by atoms with E-state index < -0.39 is 0 Å². The summed E-state index contributed by atoms with van der Waals surface area (Å²) >= 11 is 0. The lowest BCUT2D eigenvalue weighted by molar-refractivity contribution is 0.104. The van der Waals surface area contributed by atoms with Crippen molar-refractivity contribution in [2.24, 2.45) is 5.92 Å². The summed E-state index contributed by atoms with van der Waals surface area (Å²) in [5.41, 5.74) is 6.32. The second kappa shape index (κ2) is 10.6. The Balaban J connectivity index is 1.21. The van der Waals surface area contributed by atoms with Crippen molar-refractivity contribution in [3.63, 3.8) is 0 Å². The van der Waals surface area contributed by atoms with E-state index in [-0.39, 0.29) is 6.10 Å². The van der Waals surface area contributed by atoms with Crippen LogP contribution in [0.15, 0.2) is 115 Å². The average molecular weight is 489 g/mol. The van der Waals surface area contributed by atoms with E-state index in [1.165, 1.54) is 27.8 Å². The maximum Gasteiger partial charge on any atom is 0.127 e. The molecule has 1 aliphatic carbocycles. The lowest BCUT2D eigenvalue weighted by Gasteiger charge is -2.36. The molecule has 1 aliphatic heterocycles. The Morgan fingerprint density at radius 3 is 2.00 bits per heavy atom. The maximum absolute atomic E-state index is 6.69. The lowest BCUT2D eigenvalue weighted by atomic mass is 9.80. The largest absolute Gasteiger partial charge is 0.489 e. The third kappa shape index (κ3) is 5.13. The van der Waals surface area contributed by atoms with Crippen LogP contribution < -0.4 is 14.2 Å². The van der Waals surface area contributed by atoms with Crippen LogP contribution in [0.25, 0.3) is 0 Å². The monoisotopic (exact) mass is 488 g/mol. The fourth-order valence-electron chi connectivity index (χ4n) is 5.64. The van der Waals surface area contributed by atoms with Gasteiger partial charge in [0.1, 0.15) is 36.6 Å². The van der Waals surface area contributed by atoms with Crippen LogP contribution in [0.4, 0.5) is 0 Å². The van der Waals surface area contributed by atoms with Crippen molar-refractivity contribution < 1.29 is 14.2 Å². The first-order valence-electron chi connectivity index (χ1n) is 13.1. The first-order chi connectivity index (χ1) is 18.3. The minimum atomic E-state index is 0.0224. The molecule has 4 aromatic carbocycles. The Labute approximate surface area is 219 Å². The van der Waals surface area contributed by atoms with Crippen LogP contribution in [0, 0.1) is 5.92 Å². The molecule has 0 radical (unpaired) electrons. The summed E-state index contributed by atoms with van der Waals surface area (Å²) in [5, 5.41) is 0. The Kier molecular flexibility index (Phi) is 6.68. The zero-order valence-electron chi connectivity index (χ0n) is 21.2. The van der Waals surface area contributed by atoms with Crippen molar-refractivity contribution in [3.8, 4) is 17.2 Å². The number of hydrogen-bond donors (Lipinski definition) is 0. The van der Waals surface area contributed by atoms with Gasteiger partial charge in [0.15, 0.2) is 0 Å². The van der Waals surface area contributed by atoms with E-state index in [0.29, 0.717) is 25.0 Å². The van der Waals surface area contributed by atoms with Crippen LogP contribution in [0.5, 0.6) is 17.2 Å². The fraction of sp³-hybridized carbons (Fsp3) is 0.235. The molecular formula is C34H32O3. The standard InChI is InChI=1S/C34H32O3/c1-2-24-19-30-31-21-29(36-23-26-11-7-4-8-12-26)17-18-33(31)37-34(32(30)20-24)27-13-15-28(16-14-27)35-22-25-9-5-3-6-10-25/h2-18,21,30,32,34H,19-20,22-23H2,1H3/b24-2-. The first kappa shape index (κ1) is 23.4. The minimum Gasteiger partial charge on any atom is -0.489 e. The predicted molar refractivity (Wildman–Crippen MR) is 147 cm³/mol. The fourth-order valence-corrected chi connectivity index (χ4v) is 5.64. The van der Waals surface area contributed by atoms with Gasteiger partial charge in [-0.25, -0.2) is 0 Å². The highest BCUT2D eigenvalue weighted by Gasteiger charge is 2.43. The van der Waals surface area contributed by atoms with Gasteiger partial charge < -0.3 is 14.2 Å².